The molecule has 0 amide bonds. The van der Waals surface area contributed by atoms with Crippen molar-refractivity contribution in [1.82, 2.24) is 4.90 Å². The van der Waals surface area contributed by atoms with E-state index in [9.17, 15) is 33.0 Å². The molecule has 10 nitrogen and oxygen atoms in total. The van der Waals surface area contributed by atoms with Crippen LogP contribution < -0.4 is 9.47 Å². The van der Waals surface area contributed by atoms with Crippen molar-refractivity contribution in [2.45, 2.75) is 93.7 Å². The van der Waals surface area contributed by atoms with Gasteiger partial charge in [-0.2, -0.15) is 13.2 Å². The highest BCUT2D eigenvalue weighted by Crippen LogP contribution is 2.55. The van der Waals surface area contributed by atoms with Crippen molar-refractivity contribution >= 4 is 11.9 Å². The van der Waals surface area contributed by atoms with Crippen LogP contribution in [0, 0.1) is 0 Å². The lowest BCUT2D eigenvalue weighted by Gasteiger charge is -2.39. The SMILES string of the molecule is COC1=C[C@@]23CCCN2CCc2cc4c(cc2[C@@H]3C1OC(=O)[C@@](O)(CCCC(C)(C)O)CC(=O)OCC(F)(F)F)OCO4. The molecule has 1 saturated heterocycles. The second-order valence-corrected chi connectivity index (χ2v) is 12.4. The summed E-state index contributed by atoms with van der Waals surface area (Å²) in [5, 5.41) is 21.7. The Morgan fingerprint density at radius 2 is 1.84 bits per heavy atom. The molecular weight excluding hydrogens is 575 g/mol. The topological polar surface area (TPSA) is 124 Å². The Hall–Kier alpha value is -3.03. The molecule has 43 heavy (non-hydrogen) atoms. The van der Waals surface area contributed by atoms with Crippen LogP contribution in [0.5, 0.6) is 11.5 Å². The third-order valence-electron chi connectivity index (χ3n) is 8.79. The van der Waals surface area contributed by atoms with E-state index < -0.39 is 59.9 Å². The fourth-order valence-electron chi connectivity index (χ4n) is 6.85. The molecule has 2 N–H and O–H groups in total. The molecule has 1 aliphatic carbocycles. The van der Waals surface area contributed by atoms with Gasteiger partial charge in [-0.25, -0.2) is 4.79 Å². The number of hydrogen-bond donors (Lipinski definition) is 2. The quantitative estimate of drug-likeness (QED) is 0.379. The molecule has 3 aliphatic heterocycles. The Morgan fingerprint density at radius 1 is 1.12 bits per heavy atom. The Kier molecular flexibility index (Phi) is 8.38. The Balaban J connectivity index is 1.47. The van der Waals surface area contributed by atoms with E-state index in [4.69, 9.17) is 18.9 Å². The summed E-state index contributed by atoms with van der Waals surface area (Å²) in [5.74, 6) is -1.49. The predicted octanol–water partition coefficient (Wildman–Crippen LogP) is 3.51. The van der Waals surface area contributed by atoms with Gasteiger partial charge in [0.25, 0.3) is 0 Å². The second kappa shape index (κ2) is 11.5. The second-order valence-electron chi connectivity index (χ2n) is 12.4. The highest BCUT2D eigenvalue weighted by atomic mass is 19.4. The van der Waals surface area contributed by atoms with Gasteiger partial charge in [0.15, 0.2) is 29.8 Å². The zero-order valence-electron chi connectivity index (χ0n) is 24.5. The van der Waals surface area contributed by atoms with Crippen molar-refractivity contribution in [3.05, 3.63) is 35.1 Å². The fourth-order valence-corrected chi connectivity index (χ4v) is 6.85. The van der Waals surface area contributed by atoms with Gasteiger partial charge in [-0.3, -0.25) is 9.69 Å². The minimum atomic E-state index is -4.78. The van der Waals surface area contributed by atoms with Crippen molar-refractivity contribution in [2.24, 2.45) is 0 Å². The molecule has 5 rings (SSSR count). The number of alkyl halides is 3. The van der Waals surface area contributed by atoms with Gasteiger partial charge in [-0.15, -0.1) is 0 Å². The van der Waals surface area contributed by atoms with Gasteiger partial charge in [0.1, 0.15) is 5.76 Å². The molecule has 3 heterocycles. The van der Waals surface area contributed by atoms with Crippen LogP contribution in [0.3, 0.4) is 0 Å². The van der Waals surface area contributed by atoms with Crippen LogP contribution >= 0.6 is 0 Å². The number of methoxy groups -OCH3 is 1. The number of carbonyl (C=O) groups is 2. The normalized spacial score (nSPS) is 26.0. The summed E-state index contributed by atoms with van der Waals surface area (Å²) >= 11 is 0. The van der Waals surface area contributed by atoms with Gasteiger partial charge in [-0.05, 0) is 88.3 Å². The lowest BCUT2D eigenvalue weighted by Crippen LogP contribution is -2.49. The molecule has 1 aromatic rings. The van der Waals surface area contributed by atoms with Gasteiger partial charge in [0.05, 0.1) is 30.6 Å². The van der Waals surface area contributed by atoms with Crippen molar-refractivity contribution in [1.29, 1.82) is 0 Å². The molecule has 1 aromatic carbocycles. The predicted molar refractivity (Wildman–Crippen MR) is 144 cm³/mol. The van der Waals surface area contributed by atoms with E-state index in [2.05, 4.69) is 9.64 Å². The number of esters is 2. The molecule has 1 spiro atoms. The maximum absolute atomic E-state index is 13.8. The van der Waals surface area contributed by atoms with E-state index in [1.165, 1.54) is 21.0 Å². The smallest absolute Gasteiger partial charge is 0.422 e. The van der Waals surface area contributed by atoms with Crippen molar-refractivity contribution < 1.29 is 56.7 Å². The number of nitrogens with zero attached hydrogens (tertiary/aromatic N) is 1. The van der Waals surface area contributed by atoms with E-state index in [0.717, 1.165) is 37.1 Å². The lowest BCUT2D eigenvalue weighted by molar-refractivity contribution is -0.193. The lowest BCUT2D eigenvalue weighted by atomic mass is 9.77. The van der Waals surface area contributed by atoms with Gasteiger partial charge >= 0.3 is 18.1 Å². The molecule has 0 aromatic heterocycles. The molecular formula is C30H38F3NO9. The minimum absolute atomic E-state index is 0.0761. The van der Waals surface area contributed by atoms with E-state index in [1.807, 2.05) is 18.2 Å². The minimum Gasteiger partial charge on any atom is -0.497 e. The molecule has 238 valence electrons. The molecule has 0 saturated carbocycles. The standard InChI is InChI=1S/C30H38F3NO9/c1-27(2,37)7-4-9-29(38,15-23(35)40-16-30(31,32)33)26(36)43-25-22(39-3)14-28-8-5-10-34(28)11-6-18-12-20-21(42-17-41-20)13-19(18)24(25)28/h12-14,24-25,37-38H,4-11,15-17H2,1-3H3/t24-,25?,28-,29-/m1/s1. The number of ether oxygens (including phenoxy) is 5. The van der Waals surface area contributed by atoms with Crippen LogP contribution in [0.25, 0.3) is 0 Å². The number of halogens is 3. The first-order valence-electron chi connectivity index (χ1n) is 14.5. The van der Waals surface area contributed by atoms with Crippen LogP contribution in [0.15, 0.2) is 24.0 Å². The molecule has 1 unspecified atom stereocenters. The Morgan fingerprint density at radius 3 is 2.51 bits per heavy atom. The zero-order valence-corrected chi connectivity index (χ0v) is 24.5. The maximum atomic E-state index is 13.8. The summed E-state index contributed by atoms with van der Waals surface area (Å²) in [7, 11) is 1.46. The van der Waals surface area contributed by atoms with E-state index in [-0.39, 0.29) is 26.1 Å². The maximum Gasteiger partial charge on any atom is 0.422 e. The first kappa shape index (κ1) is 31.4. The van der Waals surface area contributed by atoms with Crippen LogP contribution in [-0.2, 0) is 30.2 Å². The molecule has 0 radical (unpaired) electrons. The Bertz CT molecular complexity index is 1280. The average Bonchev–Trinajstić information content (AvgIpc) is 3.60. The summed E-state index contributed by atoms with van der Waals surface area (Å²) < 4.78 is 65.4. The first-order chi connectivity index (χ1) is 20.1. The van der Waals surface area contributed by atoms with E-state index in [0.29, 0.717) is 23.7 Å². The highest BCUT2D eigenvalue weighted by molar-refractivity contribution is 5.86. The summed E-state index contributed by atoms with van der Waals surface area (Å²) in [4.78, 5) is 28.6. The number of fused-ring (bicyclic) bond motifs is 3. The monoisotopic (exact) mass is 613 g/mol. The van der Waals surface area contributed by atoms with Crippen molar-refractivity contribution in [3.8, 4) is 11.5 Å². The molecule has 1 fully saturated rings. The molecule has 4 atom stereocenters. The van der Waals surface area contributed by atoms with Crippen LogP contribution in [0.1, 0.15) is 69.4 Å². The van der Waals surface area contributed by atoms with Crippen LogP contribution in [0.2, 0.25) is 0 Å². The van der Waals surface area contributed by atoms with Gasteiger partial charge in [0.2, 0.25) is 6.79 Å². The summed E-state index contributed by atoms with van der Waals surface area (Å²) in [6, 6.07) is 3.82. The third kappa shape index (κ3) is 6.44. The fraction of sp³-hybridized carbons (Fsp3) is 0.667. The van der Waals surface area contributed by atoms with Crippen molar-refractivity contribution in [3.63, 3.8) is 0 Å². The largest absolute Gasteiger partial charge is 0.497 e. The summed E-state index contributed by atoms with van der Waals surface area (Å²) in [5.41, 5.74) is -2.34. The Labute approximate surface area is 247 Å². The number of carbonyl (C=O) groups excluding carboxylic acids is 2. The summed E-state index contributed by atoms with van der Waals surface area (Å²) in [6.45, 7) is 2.87. The van der Waals surface area contributed by atoms with Crippen molar-refractivity contribution in [2.75, 3.05) is 33.6 Å². The van der Waals surface area contributed by atoms with Gasteiger partial charge in [-0.1, -0.05) is 0 Å². The average molecular weight is 614 g/mol. The number of benzene rings is 1. The van der Waals surface area contributed by atoms with Crippen LogP contribution in [-0.4, -0.2) is 89.7 Å². The van der Waals surface area contributed by atoms with Crippen LogP contribution in [0.4, 0.5) is 13.2 Å². The van der Waals surface area contributed by atoms with E-state index in [1.54, 1.807) is 0 Å². The van der Waals surface area contributed by atoms with Gasteiger partial charge in [0, 0.05) is 6.54 Å². The molecule has 13 heteroatoms. The summed E-state index contributed by atoms with van der Waals surface area (Å²) in [6.07, 6.45) is -2.64. The number of aliphatic hydroxyl groups is 2. The number of rotatable bonds is 10. The first-order valence-corrected chi connectivity index (χ1v) is 14.5. The van der Waals surface area contributed by atoms with E-state index >= 15 is 0 Å². The highest BCUT2D eigenvalue weighted by Gasteiger charge is 2.59. The zero-order chi connectivity index (χ0) is 31.2. The third-order valence-corrected chi connectivity index (χ3v) is 8.79. The molecule has 0 bridgehead atoms. The number of hydrogen-bond acceptors (Lipinski definition) is 10. The molecule has 4 aliphatic rings. The van der Waals surface area contributed by atoms with Gasteiger partial charge < -0.3 is 33.9 Å².